The van der Waals surface area contributed by atoms with Crippen LogP contribution in [0.3, 0.4) is 0 Å². The number of hydrogen-bond donors (Lipinski definition) is 2. The zero-order valence-electron chi connectivity index (χ0n) is 9.64. The maximum absolute atomic E-state index is 9.18. The normalized spacial score (nSPS) is 12.2. The molecule has 4 nitrogen and oxygen atoms in total. The quantitative estimate of drug-likeness (QED) is 0.765. The molecule has 2 N–H and O–H groups in total. The highest BCUT2D eigenvalue weighted by atomic mass is 16.5. The number of aliphatic hydroxyl groups excluding tert-OH is 2. The molecule has 0 aromatic heterocycles. The summed E-state index contributed by atoms with van der Waals surface area (Å²) in [5.41, 5.74) is 0.685. The van der Waals surface area contributed by atoms with E-state index in [-0.39, 0.29) is 19.1 Å². The zero-order chi connectivity index (χ0) is 12.0. The lowest BCUT2D eigenvalue weighted by atomic mass is 10.2. The SMILES string of the molecule is COc1ccc(OCC(C)CO)c(CO)c1. The Morgan fingerprint density at radius 2 is 2.06 bits per heavy atom. The number of ether oxygens (including phenoxy) is 2. The summed E-state index contributed by atoms with van der Waals surface area (Å²) in [7, 11) is 1.57. The molecule has 1 rings (SSSR count). The van der Waals surface area contributed by atoms with E-state index in [1.54, 1.807) is 25.3 Å². The van der Waals surface area contributed by atoms with Gasteiger partial charge in [-0.3, -0.25) is 0 Å². The Kier molecular flexibility index (Phi) is 5.08. The lowest BCUT2D eigenvalue weighted by Gasteiger charge is -2.14. The predicted octanol–water partition coefficient (Wildman–Crippen LogP) is 1.19. The fourth-order valence-electron chi connectivity index (χ4n) is 1.23. The molecule has 0 amide bonds. The van der Waals surface area contributed by atoms with Crippen molar-refractivity contribution in [3.8, 4) is 11.5 Å². The van der Waals surface area contributed by atoms with Gasteiger partial charge in [-0.1, -0.05) is 6.92 Å². The fraction of sp³-hybridized carbons (Fsp3) is 0.500. The second kappa shape index (κ2) is 6.35. The van der Waals surface area contributed by atoms with Crippen LogP contribution >= 0.6 is 0 Å². The first-order chi connectivity index (χ1) is 7.71. The van der Waals surface area contributed by atoms with Crippen LogP contribution in [0.2, 0.25) is 0 Å². The smallest absolute Gasteiger partial charge is 0.125 e. The van der Waals surface area contributed by atoms with E-state index in [0.717, 1.165) is 0 Å². The van der Waals surface area contributed by atoms with Crippen molar-refractivity contribution in [2.24, 2.45) is 5.92 Å². The van der Waals surface area contributed by atoms with E-state index < -0.39 is 0 Å². The molecule has 1 aromatic carbocycles. The van der Waals surface area contributed by atoms with Crippen LogP contribution in [0.25, 0.3) is 0 Å². The van der Waals surface area contributed by atoms with Gasteiger partial charge in [0.1, 0.15) is 11.5 Å². The first kappa shape index (κ1) is 12.8. The van der Waals surface area contributed by atoms with Crippen molar-refractivity contribution in [1.82, 2.24) is 0 Å². The highest BCUT2D eigenvalue weighted by Crippen LogP contribution is 2.24. The summed E-state index contributed by atoms with van der Waals surface area (Å²) < 4.78 is 10.6. The summed E-state index contributed by atoms with van der Waals surface area (Å²) in [4.78, 5) is 0. The molecule has 0 spiro atoms. The summed E-state index contributed by atoms with van der Waals surface area (Å²) in [5, 5.41) is 18.0. The van der Waals surface area contributed by atoms with Crippen LogP contribution in [0.15, 0.2) is 18.2 Å². The average Bonchev–Trinajstić information content (AvgIpc) is 2.35. The molecule has 0 saturated heterocycles. The molecule has 0 bridgehead atoms. The Labute approximate surface area is 95.4 Å². The van der Waals surface area contributed by atoms with Crippen molar-refractivity contribution in [2.75, 3.05) is 20.3 Å². The van der Waals surface area contributed by atoms with Gasteiger partial charge in [-0.15, -0.1) is 0 Å². The van der Waals surface area contributed by atoms with Gasteiger partial charge in [0.25, 0.3) is 0 Å². The summed E-state index contributed by atoms with van der Waals surface area (Å²) >= 11 is 0. The first-order valence-corrected chi connectivity index (χ1v) is 5.22. The zero-order valence-corrected chi connectivity index (χ0v) is 9.64. The standard InChI is InChI=1S/C12H18O4/c1-9(6-13)8-16-12-4-3-11(15-2)5-10(12)7-14/h3-5,9,13-14H,6-8H2,1-2H3. The molecule has 0 saturated carbocycles. The topological polar surface area (TPSA) is 58.9 Å². The summed E-state index contributed by atoms with van der Waals surface area (Å²) in [5.74, 6) is 1.39. The van der Waals surface area contributed by atoms with Crippen LogP contribution in [-0.4, -0.2) is 30.5 Å². The van der Waals surface area contributed by atoms with Crippen LogP contribution in [0.4, 0.5) is 0 Å². The molecule has 1 atom stereocenters. The molecule has 1 unspecified atom stereocenters. The summed E-state index contributed by atoms with van der Waals surface area (Å²) in [6.07, 6.45) is 0. The lowest BCUT2D eigenvalue weighted by Crippen LogP contribution is -2.13. The van der Waals surface area contributed by atoms with Gasteiger partial charge < -0.3 is 19.7 Å². The Morgan fingerprint density at radius 3 is 2.62 bits per heavy atom. The lowest BCUT2D eigenvalue weighted by molar-refractivity contribution is 0.171. The van der Waals surface area contributed by atoms with Crippen molar-refractivity contribution in [1.29, 1.82) is 0 Å². The molecular weight excluding hydrogens is 208 g/mol. The molecule has 4 heteroatoms. The van der Waals surface area contributed by atoms with E-state index in [1.165, 1.54) is 0 Å². The molecule has 0 heterocycles. The van der Waals surface area contributed by atoms with Crippen molar-refractivity contribution < 1.29 is 19.7 Å². The summed E-state index contributed by atoms with van der Waals surface area (Å²) in [6, 6.07) is 5.27. The maximum atomic E-state index is 9.18. The van der Waals surface area contributed by atoms with E-state index >= 15 is 0 Å². The van der Waals surface area contributed by atoms with Gasteiger partial charge in [0.2, 0.25) is 0 Å². The fourth-order valence-corrected chi connectivity index (χ4v) is 1.23. The van der Waals surface area contributed by atoms with Crippen LogP contribution in [-0.2, 0) is 6.61 Å². The van der Waals surface area contributed by atoms with Crippen molar-refractivity contribution in [2.45, 2.75) is 13.5 Å². The Balaban J connectivity index is 2.71. The monoisotopic (exact) mass is 226 g/mol. The minimum atomic E-state index is -0.0972. The van der Waals surface area contributed by atoms with E-state index in [1.807, 2.05) is 6.92 Å². The molecule has 0 aliphatic carbocycles. The highest BCUT2D eigenvalue weighted by molar-refractivity contribution is 5.39. The minimum Gasteiger partial charge on any atom is -0.497 e. The third-order valence-corrected chi connectivity index (χ3v) is 2.27. The summed E-state index contributed by atoms with van der Waals surface area (Å²) in [6.45, 7) is 2.31. The Hall–Kier alpha value is -1.26. The molecule has 16 heavy (non-hydrogen) atoms. The third-order valence-electron chi connectivity index (χ3n) is 2.27. The van der Waals surface area contributed by atoms with E-state index in [4.69, 9.17) is 14.6 Å². The van der Waals surface area contributed by atoms with Crippen LogP contribution < -0.4 is 9.47 Å². The van der Waals surface area contributed by atoms with E-state index in [9.17, 15) is 5.11 Å². The third kappa shape index (κ3) is 3.40. The second-order valence-corrected chi connectivity index (χ2v) is 3.73. The van der Waals surface area contributed by atoms with E-state index in [0.29, 0.717) is 23.7 Å². The molecule has 0 aliphatic rings. The molecule has 0 radical (unpaired) electrons. The molecule has 90 valence electrons. The van der Waals surface area contributed by atoms with Gasteiger partial charge >= 0.3 is 0 Å². The molecular formula is C12H18O4. The van der Waals surface area contributed by atoms with Gasteiger partial charge in [0.05, 0.1) is 20.3 Å². The highest BCUT2D eigenvalue weighted by Gasteiger charge is 2.07. The molecule has 0 fully saturated rings. The van der Waals surface area contributed by atoms with Gasteiger partial charge in [-0.05, 0) is 18.2 Å². The molecule has 1 aromatic rings. The number of benzene rings is 1. The average molecular weight is 226 g/mol. The van der Waals surface area contributed by atoms with Crippen LogP contribution in [0.1, 0.15) is 12.5 Å². The molecule has 0 aliphatic heterocycles. The number of rotatable bonds is 6. The van der Waals surface area contributed by atoms with Gasteiger partial charge in [0, 0.05) is 18.1 Å². The predicted molar refractivity (Wildman–Crippen MR) is 60.7 cm³/mol. The maximum Gasteiger partial charge on any atom is 0.125 e. The van der Waals surface area contributed by atoms with Crippen LogP contribution in [0, 0.1) is 5.92 Å². The number of methoxy groups -OCH3 is 1. The van der Waals surface area contributed by atoms with Crippen molar-refractivity contribution in [3.05, 3.63) is 23.8 Å². The van der Waals surface area contributed by atoms with Crippen molar-refractivity contribution in [3.63, 3.8) is 0 Å². The van der Waals surface area contributed by atoms with Gasteiger partial charge in [-0.25, -0.2) is 0 Å². The van der Waals surface area contributed by atoms with Crippen LogP contribution in [0.5, 0.6) is 11.5 Å². The largest absolute Gasteiger partial charge is 0.497 e. The minimum absolute atomic E-state index is 0.0774. The van der Waals surface area contributed by atoms with Crippen molar-refractivity contribution >= 4 is 0 Å². The Morgan fingerprint density at radius 1 is 1.31 bits per heavy atom. The Bertz CT molecular complexity index is 325. The van der Waals surface area contributed by atoms with E-state index in [2.05, 4.69) is 0 Å². The van der Waals surface area contributed by atoms with Gasteiger partial charge in [0.15, 0.2) is 0 Å². The first-order valence-electron chi connectivity index (χ1n) is 5.22. The number of aliphatic hydroxyl groups is 2. The second-order valence-electron chi connectivity index (χ2n) is 3.73. The van der Waals surface area contributed by atoms with Gasteiger partial charge in [-0.2, -0.15) is 0 Å². The number of hydrogen-bond acceptors (Lipinski definition) is 4.